The van der Waals surface area contributed by atoms with E-state index >= 15 is 0 Å². The van der Waals surface area contributed by atoms with Crippen LogP contribution in [-0.4, -0.2) is 62.5 Å². The number of hydrogen-bond donors (Lipinski definition) is 0. The van der Waals surface area contributed by atoms with Crippen molar-refractivity contribution in [2.75, 3.05) is 46.1 Å². The predicted octanol–water partition coefficient (Wildman–Crippen LogP) is 2.60. The molecule has 3 aliphatic heterocycles. The van der Waals surface area contributed by atoms with Crippen LogP contribution in [0.3, 0.4) is 0 Å². The van der Waals surface area contributed by atoms with Gasteiger partial charge in [-0.05, 0) is 37.7 Å². The van der Waals surface area contributed by atoms with E-state index in [9.17, 15) is 4.79 Å². The zero-order chi connectivity index (χ0) is 18.7. The van der Waals surface area contributed by atoms with Crippen molar-refractivity contribution >= 4 is 5.91 Å². The summed E-state index contributed by atoms with van der Waals surface area (Å²) in [4.78, 5) is 14.5. The molecule has 148 valence electrons. The fourth-order valence-electron chi connectivity index (χ4n) is 4.43. The molecule has 1 spiro atoms. The number of likely N-dealkylation sites (tertiary alicyclic amines) is 1. The lowest BCUT2D eigenvalue weighted by Gasteiger charge is -2.50. The van der Waals surface area contributed by atoms with Gasteiger partial charge in [-0.3, -0.25) is 4.79 Å². The van der Waals surface area contributed by atoms with Gasteiger partial charge in [-0.25, -0.2) is 0 Å². The van der Waals surface area contributed by atoms with Crippen molar-refractivity contribution in [2.45, 2.75) is 38.2 Å². The maximum atomic E-state index is 12.6. The predicted molar refractivity (Wildman–Crippen MR) is 103 cm³/mol. The molecule has 27 heavy (non-hydrogen) atoms. The second kappa shape index (κ2) is 8.29. The second-order valence-corrected chi connectivity index (χ2v) is 8.40. The van der Waals surface area contributed by atoms with Gasteiger partial charge in [0.15, 0.2) is 0 Å². The molecule has 0 aliphatic carbocycles. The van der Waals surface area contributed by atoms with Gasteiger partial charge >= 0.3 is 0 Å². The van der Waals surface area contributed by atoms with Crippen LogP contribution in [0.15, 0.2) is 24.3 Å². The van der Waals surface area contributed by atoms with E-state index in [2.05, 4.69) is 19.1 Å². The Balaban J connectivity index is 1.23. The van der Waals surface area contributed by atoms with Crippen LogP contribution < -0.4 is 0 Å². The van der Waals surface area contributed by atoms with Crippen LogP contribution in [0, 0.1) is 18.8 Å². The third-order valence-electron chi connectivity index (χ3n) is 6.36. The number of carbonyl (C=O) groups is 1. The Kier molecular flexibility index (Phi) is 5.81. The summed E-state index contributed by atoms with van der Waals surface area (Å²) in [6.45, 7) is 7.57. The van der Waals surface area contributed by atoms with Crippen LogP contribution in [0.1, 0.15) is 30.4 Å². The molecule has 1 atom stereocenters. The summed E-state index contributed by atoms with van der Waals surface area (Å²) >= 11 is 0. The monoisotopic (exact) mass is 373 g/mol. The van der Waals surface area contributed by atoms with Gasteiger partial charge in [0.05, 0.1) is 26.1 Å². The molecule has 5 heteroatoms. The molecular weight excluding hydrogens is 342 g/mol. The lowest BCUT2D eigenvalue weighted by molar-refractivity contribution is -0.168. The molecule has 0 radical (unpaired) electrons. The van der Waals surface area contributed by atoms with Crippen LogP contribution in [0.4, 0.5) is 0 Å². The first-order valence-corrected chi connectivity index (χ1v) is 10.3. The highest BCUT2D eigenvalue weighted by molar-refractivity contribution is 5.80. The van der Waals surface area contributed by atoms with Crippen LogP contribution in [0.2, 0.25) is 0 Å². The van der Waals surface area contributed by atoms with Crippen LogP contribution >= 0.6 is 0 Å². The van der Waals surface area contributed by atoms with Crippen molar-refractivity contribution in [3.8, 4) is 0 Å². The average Bonchev–Trinajstić information content (AvgIpc) is 3.07. The minimum atomic E-state index is -0.168. The zero-order valence-corrected chi connectivity index (χ0v) is 16.3. The van der Waals surface area contributed by atoms with Crippen molar-refractivity contribution < 1.29 is 19.0 Å². The Morgan fingerprint density at radius 3 is 2.59 bits per heavy atom. The summed E-state index contributed by atoms with van der Waals surface area (Å²) in [6.07, 6.45) is 3.72. The van der Waals surface area contributed by atoms with Crippen molar-refractivity contribution in [1.29, 1.82) is 0 Å². The third-order valence-corrected chi connectivity index (χ3v) is 6.36. The SMILES string of the molecule is Cc1ccc(CC(=O)N2CC3(C2)OCC[C@@H]3COCC2CCOCC2)cc1. The number of rotatable bonds is 6. The quantitative estimate of drug-likeness (QED) is 0.769. The van der Waals surface area contributed by atoms with E-state index in [4.69, 9.17) is 14.2 Å². The Morgan fingerprint density at radius 1 is 1.11 bits per heavy atom. The Labute approximate surface area is 162 Å². The first-order valence-electron chi connectivity index (χ1n) is 10.3. The first kappa shape index (κ1) is 18.9. The van der Waals surface area contributed by atoms with Crippen molar-refractivity contribution in [3.05, 3.63) is 35.4 Å². The van der Waals surface area contributed by atoms with Gasteiger partial charge in [0.2, 0.25) is 5.91 Å². The highest BCUT2D eigenvalue weighted by Crippen LogP contribution is 2.40. The molecule has 1 aromatic carbocycles. The summed E-state index contributed by atoms with van der Waals surface area (Å²) in [5.41, 5.74) is 2.13. The van der Waals surface area contributed by atoms with E-state index in [1.54, 1.807) is 0 Å². The molecule has 5 nitrogen and oxygen atoms in total. The molecule has 0 unspecified atom stereocenters. The van der Waals surface area contributed by atoms with E-state index in [1.165, 1.54) is 5.56 Å². The van der Waals surface area contributed by atoms with E-state index < -0.39 is 0 Å². The highest BCUT2D eigenvalue weighted by Gasteiger charge is 2.54. The van der Waals surface area contributed by atoms with Crippen LogP contribution in [0.25, 0.3) is 0 Å². The second-order valence-electron chi connectivity index (χ2n) is 8.40. The number of aryl methyl sites for hydroxylation is 1. The van der Waals surface area contributed by atoms with Gasteiger partial charge in [-0.2, -0.15) is 0 Å². The van der Waals surface area contributed by atoms with Crippen LogP contribution in [0.5, 0.6) is 0 Å². The average molecular weight is 373 g/mol. The maximum absolute atomic E-state index is 12.6. The molecule has 0 saturated carbocycles. The Morgan fingerprint density at radius 2 is 1.85 bits per heavy atom. The van der Waals surface area contributed by atoms with E-state index in [0.29, 0.717) is 31.3 Å². The number of amides is 1. The third kappa shape index (κ3) is 4.36. The van der Waals surface area contributed by atoms with E-state index in [0.717, 1.165) is 57.9 Å². The van der Waals surface area contributed by atoms with Gasteiger partial charge in [-0.1, -0.05) is 29.8 Å². The maximum Gasteiger partial charge on any atom is 0.227 e. The van der Waals surface area contributed by atoms with Gasteiger partial charge in [0.1, 0.15) is 5.60 Å². The topological polar surface area (TPSA) is 48.0 Å². The minimum Gasteiger partial charge on any atom is -0.381 e. The minimum absolute atomic E-state index is 0.168. The van der Waals surface area contributed by atoms with Gasteiger partial charge in [0, 0.05) is 32.3 Å². The number of nitrogens with zero attached hydrogens (tertiary/aromatic N) is 1. The largest absolute Gasteiger partial charge is 0.381 e. The number of carbonyl (C=O) groups excluding carboxylic acids is 1. The summed E-state index contributed by atoms with van der Waals surface area (Å²) < 4.78 is 17.5. The van der Waals surface area contributed by atoms with Crippen molar-refractivity contribution in [2.24, 2.45) is 11.8 Å². The molecule has 3 saturated heterocycles. The van der Waals surface area contributed by atoms with Crippen molar-refractivity contribution in [1.82, 2.24) is 4.90 Å². The van der Waals surface area contributed by atoms with Crippen LogP contribution in [-0.2, 0) is 25.4 Å². The number of hydrogen-bond acceptors (Lipinski definition) is 4. The van der Waals surface area contributed by atoms with E-state index in [1.807, 2.05) is 17.0 Å². The highest BCUT2D eigenvalue weighted by atomic mass is 16.5. The lowest BCUT2D eigenvalue weighted by Crippen LogP contribution is -2.66. The normalized spacial score (nSPS) is 24.9. The Hall–Kier alpha value is -1.43. The summed E-state index contributed by atoms with van der Waals surface area (Å²) in [5.74, 6) is 1.23. The lowest BCUT2D eigenvalue weighted by atomic mass is 9.81. The fourth-order valence-corrected chi connectivity index (χ4v) is 4.43. The number of benzene rings is 1. The van der Waals surface area contributed by atoms with Gasteiger partial charge in [0.25, 0.3) is 0 Å². The molecule has 3 fully saturated rings. The molecule has 4 rings (SSSR count). The molecule has 3 heterocycles. The molecule has 0 bridgehead atoms. The molecule has 0 N–H and O–H groups in total. The Bertz CT molecular complexity index is 632. The molecule has 1 aromatic rings. The molecule has 1 amide bonds. The molecule has 3 aliphatic rings. The summed E-state index contributed by atoms with van der Waals surface area (Å²) in [6, 6.07) is 8.21. The molecule has 0 aromatic heterocycles. The van der Waals surface area contributed by atoms with Gasteiger partial charge < -0.3 is 19.1 Å². The van der Waals surface area contributed by atoms with Gasteiger partial charge in [-0.15, -0.1) is 0 Å². The number of ether oxygens (including phenoxy) is 3. The molecular formula is C22H31NO4. The zero-order valence-electron chi connectivity index (χ0n) is 16.3. The smallest absolute Gasteiger partial charge is 0.227 e. The van der Waals surface area contributed by atoms with E-state index in [-0.39, 0.29) is 11.5 Å². The fraction of sp³-hybridized carbons (Fsp3) is 0.682. The standard InChI is InChI=1S/C22H31NO4/c1-17-2-4-18(5-3-17)12-21(24)23-15-22(16-23)20(8-11-27-22)14-26-13-19-6-9-25-10-7-19/h2-5,19-20H,6-16H2,1H3/t20-/m1/s1. The van der Waals surface area contributed by atoms with Crippen molar-refractivity contribution in [3.63, 3.8) is 0 Å². The summed E-state index contributed by atoms with van der Waals surface area (Å²) in [7, 11) is 0. The summed E-state index contributed by atoms with van der Waals surface area (Å²) in [5, 5.41) is 0. The first-order chi connectivity index (χ1) is 13.1.